The summed E-state index contributed by atoms with van der Waals surface area (Å²) < 4.78 is 13.1. The zero-order valence-electron chi connectivity index (χ0n) is 31.4. The van der Waals surface area contributed by atoms with Crippen LogP contribution in [0.2, 0.25) is 0 Å². The Hall–Kier alpha value is -6.53. The van der Waals surface area contributed by atoms with Crippen molar-refractivity contribution in [2.24, 2.45) is 0 Å². The third-order valence-electron chi connectivity index (χ3n) is 11.6. The van der Waals surface area contributed by atoms with E-state index in [1.807, 2.05) is 66.7 Å². The molecule has 0 aliphatic carbocycles. The van der Waals surface area contributed by atoms with Crippen LogP contribution in [0, 0.1) is 0 Å². The zero-order chi connectivity index (χ0) is 37.4. The number of rotatable bonds is 5. The standard InChI is InChI=1S/C45H32B5N3O2/c46-37-34(38(47)40(49)41(50)39(37)48)23-19-21-25(22-20-23)44-51-43(24-9-2-1-3-10-24)52-45(53-44)30-15-8-18-33-36(30)35-27(12-7-17-32(35)54-33)29-14-6-13-28-26-11-4-5-16-31(26)55-42(28)29/h1-22H,46-50H2. The number of furan rings is 2. The van der Waals surface area contributed by atoms with Crippen molar-refractivity contribution in [3.63, 3.8) is 0 Å². The minimum Gasteiger partial charge on any atom is -0.456 e. The van der Waals surface area contributed by atoms with Crippen molar-refractivity contribution in [3.8, 4) is 56.4 Å². The molecule has 3 heterocycles. The lowest BCUT2D eigenvalue weighted by Gasteiger charge is -2.20. The van der Waals surface area contributed by atoms with Crippen LogP contribution in [0.3, 0.4) is 0 Å². The molecular weight excluding hydrogens is 669 g/mol. The van der Waals surface area contributed by atoms with Gasteiger partial charge in [-0.15, -0.1) is 16.4 Å². The van der Waals surface area contributed by atoms with Crippen molar-refractivity contribution >= 4 is 110 Å². The minimum atomic E-state index is 0.578. The lowest BCUT2D eigenvalue weighted by atomic mass is 9.59. The maximum Gasteiger partial charge on any atom is 0.164 e. The van der Waals surface area contributed by atoms with Crippen LogP contribution in [0.5, 0.6) is 0 Å². The van der Waals surface area contributed by atoms with E-state index >= 15 is 0 Å². The van der Waals surface area contributed by atoms with Crippen LogP contribution in [-0.4, -0.2) is 54.2 Å². The van der Waals surface area contributed by atoms with Crippen molar-refractivity contribution in [1.82, 2.24) is 15.0 Å². The van der Waals surface area contributed by atoms with Gasteiger partial charge in [0.05, 0.1) is 0 Å². The Labute approximate surface area is 322 Å². The predicted octanol–water partition coefficient (Wildman–Crippen LogP) is 3.30. The van der Waals surface area contributed by atoms with E-state index in [0.717, 1.165) is 71.7 Å². The van der Waals surface area contributed by atoms with E-state index in [0.29, 0.717) is 17.5 Å². The molecular formula is C45H32B5N3O2. The predicted molar refractivity (Wildman–Crippen MR) is 242 cm³/mol. The summed E-state index contributed by atoms with van der Waals surface area (Å²) in [5.74, 6) is 1.80. The second-order valence-electron chi connectivity index (χ2n) is 14.5. The molecule has 10 aromatic rings. The van der Waals surface area contributed by atoms with E-state index in [-0.39, 0.29) is 0 Å². The number of aromatic nitrogens is 3. The molecule has 0 unspecified atom stereocenters. The third kappa shape index (κ3) is 5.27. The van der Waals surface area contributed by atoms with Gasteiger partial charge >= 0.3 is 0 Å². The van der Waals surface area contributed by atoms with Crippen molar-refractivity contribution in [1.29, 1.82) is 0 Å². The molecule has 5 nitrogen and oxygen atoms in total. The van der Waals surface area contributed by atoms with E-state index in [9.17, 15) is 0 Å². The normalized spacial score (nSPS) is 11.6. The highest BCUT2D eigenvalue weighted by molar-refractivity contribution is 6.68. The first-order valence-electron chi connectivity index (χ1n) is 18.7. The average Bonchev–Trinajstić information content (AvgIpc) is 3.82. The maximum absolute atomic E-state index is 6.57. The molecule has 0 saturated carbocycles. The molecule has 10 heteroatoms. The van der Waals surface area contributed by atoms with E-state index in [4.69, 9.17) is 23.8 Å². The number of fused-ring (bicyclic) bond motifs is 6. The molecule has 0 amide bonds. The average molecular weight is 701 g/mol. The van der Waals surface area contributed by atoms with E-state index in [1.54, 1.807) is 0 Å². The van der Waals surface area contributed by atoms with E-state index < -0.39 is 0 Å². The van der Waals surface area contributed by atoms with Crippen molar-refractivity contribution in [2.45, 2.75) is 0 Å². The highest BCUT2D eigenvalue weighted by Gasteiger charge is 2.22. The molecule has 3 aromatic heterocycles. The highest BCUT2D eigenvalue weighted by atomic mass is 16.3. The Bertz CT molecular complexity index is 3130. The van der Waals surface area contributed by atoms with Crippen molar-refractivity contribution in [3.05, 3.63) is 133 Å². The monoisotopic (exact) mass is 701 g/mol. The van der Waals surface area contributed by atoms with Crippen LogP contribution < -0.4 is 27.3 Å². The number of para-hydroxylation sites is 2. The van der Waals surface area contributed by atoms with Gasteiger partial charge in [0.15, 0.2) is 17.5 Å². The maximum atomic E-state index is 6.57. The topological polar surface area (TPSA) is 65.0 Å². The summed E-state index contributed by atoms with van der Waals surface area (Å²) in [5.41, 5.74) is 17.2. The fourth-order valence-electron chi connectivity index (χ4n) is 8.30. The molecule has 0 radical (unpaired) electrons. The van der Waals surface area contributed by atoms with Crippen LogP contribution in [0.25, 0.3) is 100 Å². The fourth-order valence-corrected chi connectivity index (χ4v) is 8.30. The van der Waals surface area contributed by atoms with Gasteiger partial charge < -0.3 is 8.83 Å². The summed E-state index contributed by atoms with van der Waals surface area (Å²) >= 11 is 0. The molecule has 0 bridgehead atoms. The Morgan fingerprint density at radius 3 is 1.55 bits per heavy atom. The molecule has 0 aliphatic rings. The lowest BCUT2D eigenvalue weighted by Crippen LogP contribution is -2.55. The van der Waals surface area contributed by atoms with Crippen molar-refractivity contribution < 1.29 is 8.83 Å². The number of benzene rings is 7. The first-order chi connectivity index (χ1) is 26.9. The smallest absolute Gasteiger partial charge is 0.164 e. The molecule has 0 fully saturated rings. The van der Waals surface area contributed by atoms with E-state index in [2.05, 4.69) is 106 Å². The molecule has 254 valence electrons. The lowest BCUT2D eigenvalue weighted by molar-refractivity contribution is 0.668. The summed E-state index contributed by atoms with van der Waals surface area (Å²) in [4.78, 5) is 15.4. The molecule has 7 aromatic carbocycles. The zero-order valence-corrected chi connectivity index (χ0v) is 31.4. The van der Waals surface area contributed by atoms with Crippen LogP contribution >= 0.6 is 0 Å². The largest absolute Gasteiger partial charge is 0.456 e. The minimum absolute atomic E-state index is 0.578. The summed E-state index contributed by atoms with van der Waals surface area (Å²) in [6.45, 7) is 0. The SMILES string of the molecule is Bc1c(B)c(B)c(-c2ccc(-c3nc(-c4ccccc4)nc(-c4cccc5oc6cccc(-c7cccc8c7oc7ccccc78)c6c45)n3)cc2)c(B)c1B. The summed E-state index contributed by atoms with van der Waals surface area (Å²) in [6.07, 6.45) is 0. The van der Waals surface area contributed by atoms with Gasteiger partial charge in [-0.05, 0) is 34.9 Å². The number of hydrogen-bond donors (Lipinski definition) is 0. The Kier molecular flexibility index (Phi) is 7.70. The molecule has 0 aliphatic heterocycles. The third-order valence-corrected chi connectivity index (χ3v) is 11.6. The molecule has 55 heavy (non-hydrogen) atoms. The molecule has 0 saturated heterocycles. The fraction of sp³-hybridized carbons (Fsp3) is 0. The molecule has 0 atom stereocenters. The quantitative estimate of drug-likeness (QED) is 0.258. The van der Waals surface area contributed by atoms with Crippen LogP contribution in [0.1, 0.15) is 0 Å². The Morgan fingerprint density at radius 1 is 0.345 bits per heavy atom. The first kappa shape index (κ1) is 33.1. The Morgan fingerprint density at radius 2 is 0.836 bits per heavy atom. The molecule has 0 spiro atoms. The van der Waals surface area contributed by atoms with Crippen molar-refractivity contribution in [2.75, 3.05) is 0 Å². The summed E-state index contributed by atoms with van der Waals surface area (Å²) in [6, 6.07) is 45.6. The van der Waals surface area contributed by atoms with Crippen LogP contribution in [0.15, 0.2) is 142 Å². The van der Waals surface area contributed by atoms with Gasteiger partial charge in [0, 0.05) is 43.8 Å². The second kappa shape index (κ2) is 12.8. The van der Waals surface area contributed by atoms with Gasteiger partial charge in [0.2, 0.25) is 0 Å². The molecule has 0 N–H and O–H groups in total. The van der Waals surface area contributed by atoms with Gasteiger partial charge in [0.1, 0.15) is 61.6 Å². The van der Waals surface area contributed by atoms with Gasteiger partial charge in [-0.2, -0.15) is 0 Å². The van der Waals surface area contributed by atoms with Gasteiger partial charge in [-0.25, -0.2) is 15.0 Å². The summed E-state index contributed by atoms with van der Waals surface area (Å²) in [5, 5.41) is 4.11. The number of nitrogens with zero attached hydrogens (tertiary/aromatic N) is 3. The van der Waals surface area contributed by atoms with Gasteiger partial charge in [-0.3, -0.25) is 0 Å². The van der Waals surface area contributed by atoms with Crippen LogP contribution in [0.4, 0.5) is 0 Å². The van der Waals surface area contributed by atoms with Gasteiger partial charge in [-0.1, -0.05) is 126 Å². The number of hydrogen-bond acceptors (Lipinski definition) is 5. The van der Waals surface area contributed by atoms with Gasteiger partial charge in [0.25, 0.3) is 0 Å². The Balaban J connectivity index is 1.18. The molecule has 10 rings (SSSR count). The van der Waals surface area contributed by atoms with Crippen LogP contribution in [-0.2, 0) is 0 Å². The first-order valence-corrected chi connectivity index (χ1v) is 18.7. The second-order valence-corrected chi connectivity index (χ2v) is 14.5. The summed E-state index contributed by atoms with van der Waals surface area (Å²) in [7, 11) is 11.1. The highest BCUT2D eigenvalue weighted by Crippen LogP contribution is 2.44. The van der Waals surface area contributed by atoms with E-state index in [1.165, 1.54) is 38.4 Å².